The Morgan fingerprint density at radius 3 is 2.71 bits per heavy atom. The molecule has 4 nitrogen and oxygen atoms in total. The van der Waals surface area contributed by atoms with E-state index in [0.29, 0.717) is 19.4 Å². The quantitative estimate of drug-likeness (QED) is 0.911. The number of carboxylic acid groups (broad SMARTS) is 1. The zero-order valence-electron chi connectivity index (χ0n) is 11.8. The second kappa shape index (κ2) is 5.20. The number of nitrogens with zero attached hydrogens (tertiary/aromatic N) is 2. The van der Waals surface area contributed by atoms with E-state index >= 15 is 0 Å². The largest absolute Gasteiger partial charge is 0.480 e. The molecular formula is C14H17F3N2O2. The number of anilines is 1. The number of aromatic nitrogens is 1. The van der Waals surface area contributed by atoms with Gasteiger partial charge >= 0.3 is 12.1 Å². The van der Waals surface area contributed by atoms with Gasteiger partial charge in [0.05, 0.1) is 5.56 Å². The Bertz CT molecular complexity index is 543. The Morgan fingerprint density at radius 1 is 1.48 bits per heavy atom. The average Bonchev–Trinajstić information content (AvgIpc) is 2.36. The standard InChI is InChI=1S/C14H17F3N2O2/c1-13(2)5-3-7-19(11(13)12(20)21)10-8-9(4-6-18-10)14(15,16)17/h4,6,8,11H,3,5,7H2,1-2H3,(H,20,21). The lowest BCUT2D eigenvalue weighted by Gasteiger charge is -2.44. The summed E-state index contributed by atoms with van der Waals surface area (Å²) in [4.78, 5) is 16.9. The molecule has 1 unspecified atom stereocenters. The average molecular weight is 302 g/mol. The first kappa shape index (κ1) is 15.6. The van der Waals surface area contributed by atoms with Crippen LogP contribution in [0.5, 0.6) is 0 Å². The van der Waals surface area contributed by atoms with Crippen molar-refractivity contribution >= 4 is 11.8 Å². The first-order valence-electron chi connectivity index (χ1n) is 6.65. The van der Waals surface area contributed by atoms with Crippen molar-refractivity contribution in [3.63, 3.8) is 0 Å². The molecule has 0 aliphatic carbocycles. The van der Waals surface area contributed by atoms with Crippen molar-refractivity contribution in [2.45, 2.75) is 38.9 Å². The molecule has 0 radical (unpaired) electrons. The molecule has 0 bridgehead atoms. The summed E-state index contributed by atoms with van der Waals surface area (Å²) in [6.07, 6.45) is -1.98. The molecule has 1 saturated heterocycles. The third-order valence-electron chi connectivity index (χ3n) is 3.87. The summed E-state index contributed by atoms with van der Waals surface area (Å²) < 4.78 is 38.3. The molecule has 7 heteroatoms. The molecule has 0 saturated carbocycles. The zero-order chi connectivity index (χ0) is 15.8. The van der Waals surface area contributed by atoms with Crippen LogP contribution in [0.4, 0.5) is 19.0 Å². The molecule has 1 aliphatic rings. The minimum absolute atomic E-state index is 0.0602. The number of alkyl halides is 3. The van der Waals surface area contributed by atoms with Crippen LogP contribution in [0.1, 0.15) is 32.3 Å². The Hall–Kier alpha value is -1.79. The molecule has 1 fully saturated rings. The Labute approximate surface area is 120 Å². The van der Waals surface area contributed by atoms with E-state index < -0.39 is 29.2 Å². The SMILES string of the molecule is CC1(C)CCCN(c2cc(C(F)(F)F)ccn2)C1C(=O)O. The summed E-state index contributed by atoms with van der Waals surface area (Å²) >= 11 is 0. The van der Waals surface area contributed by atoms with Gasteiger partial charge in [0.15, 0.2) is 0 Å². The number of carboxylic acids is 1. The highest BCUT2D eigenvalue weighted by Crippen LogP contribution is 2.38. The van der Waals surface area contributed by atoms with Crippen LogP contribution in [0, 0.1) is 5.41 Å². The van der Waals surface area contributed by atoms with Crippen molar-refractivity contribution in [1.82, 2.24) is 4.98 Å². The third-order valence-corrected chi connectivity index (χ3v) is 3.87. The lowest BCUT2D eigenvalue weighted by molar-refractivity contribution is -0.142. The Kier molecular flexibility index (Phi) is 3.86. The molecule has 2 rings (SSSR count). The topological polar surface area (TPSA) is 53.4 Å². The molecule has 1 atom stereocenters. The maximum absolute atomic E-state index is 12.8. The van der Waals surface area contributed by atoms with Crippen LogP contribution in [-0.4, -0.2) is 28.6 Å². The van der Waals surface area contributed by atoms with Gasteiger partial charge in [0.1, 0.15) is 11.9 Å². The third kappa shape index (κ3) is 3.11. The van der Waals surface area contributed by atoms with Crippen molar-refractivity contribution in [2.75, 3.05) is 11.4 Å². The fourth-order valence-electron chi connectivity index (χ4n) is 2.86. The van der Waals surface area contributed by atoms with Gasteiger partial charge < -0.3 is 10.0 Å². The molecule has 0 amide bonds. The maximum atomic E-state index is 12.8. The molecule has 2 heterocycles. The Balaban J connectivity index is 2.42. The fraction of sp³-hybridized carbons (Fsp3) is 0.571. The first-order valence-corrected chi connectivity index (χ1v) is 6.65. The molecule has 1 aromatic heterocycles. The van der Waals surface area contributed by atoms with Crippen LogP contribution in [-0.2, 0) is 11.0 Å². The van der Waals surface area contributed by atoms with Gasteiger partial charge in [-0.05, 0) is 30.4 Å². The molecule has 1 aliphatic heterocycles. The minimum Gasteiger partial charge on any atom is -0.480 e. The zero-order valence-corrected chi connectivity index (χ0v) is 11.8. The molecule has 21 heavy (non-hydrogen) atoms. The Morgan fingerprint density at radius 2 is 2.14 bits per heavy atom. The van der Waals surface area contributed by atoms with Crippen LogP contribution in [0.15, 0.2) is 18.3 Å². The van der Waals surface area contributed by atoms with Crippen molar-refractivity contribution in [2.24, 2.45) is 5.41 Å². The van der Waals surface area contributed by atoms with E-state index in [4.69, 9.17) is 0 Å². The smallest absolute Gasteiger partial charge is 0.416 e. The molecule has 116 valence electrons. The summed E-state index contributed by atoms with van der Waals surface area (Å²) in [5, 5.41) is 9.44. The van der Waals surface area contributed by atoms with Crippen LogP contribution in [0.25, 0.3) is 0 Å². The monoisotopic (exact) mass is 302 g/mol. The second-order valence-electron chi connectivity index (χ2n) is 5.93. The van der Waals surface area contributed by atoms with Crippen LogP contribution < -0.4 is 4.90 Å². The van der Waals surface area contributed by atoms with Crippen molar-refractivity contribution < 1.29 is 23.1 Å². The highest BCUT2D eigenvalue weighted by atomic mass is 19.4. The number of piperidine rings is 1. The van der Waals surface area contributed by atoms with Gasteiger partial charge in [-0.25, -0.2) is 9.78 Å². The van der Waals surface area contributed by atoms with Crippen molar-refractivity contribution in [3.8, 4) is 0 Å². The van der Waals surface area contributed by atoms with E-state index in [0.717, 1.165) is 18.3 Å². The molecule has 1 N–H and O–H groups in total. The van der Waals surface area contributed by atoms with Gasteiger partial charge in [-0.15, -0.1) is 0 Å². The van der Waals surface area contributed by atoms with Gasteiger partial charge in [-0.2, -0.15) is 13.2 Å². The summed E-state index contributed by atoms with van der Waals surface area (Å²) in [5.41, 5.74) is -1.35. The fourth-order valence-corrected chi connectivity index (χ4v) is 2.86. The number of pyridine rings is 1. The summed E-state index contributed by atoms with van der Waals surface area (Å²) in [5.74, 6) is -0.982. The number of halogens is 3. The highest BCUT2D eigenvalue weighted by molar-refractivity contribution is 5.79. The van der Waals surface area contributed by atoms with Gasteiger partial charge in [0.2, 0.25) is 0 Å². The predicted molar refractivity (Wildman–Crippen MR) is 71.0 cm³/mol. The molecule has 1 aromatic rings. The normalized spacial score (nSPS) is 22.1. The van der Waals surface area contributed by atoms with Crippen molar-refractivity contribution in [3.05, 3.63) is 23.9 Å². The van der Waals surface area contributed by atoms with Gasteiger partial charge in [0.25, 0.3) is 0 Å². The van der Waals surface area contributed by atoms with Gasteiger partial charge in [-0.1, -0.05) is 13.8 Å². The van der Waals surface area contributed by atoms with E-state index in [1.165, 1.54) is 4.90 Å². The minimum atomic E-state index is -4.47. The lowest BCUT2D eigenvalue weighted by Crippen LogP contribution is -2.54. The summed E-state index contributed by atoms with van der Waals surface area (Å²) in [6.45, 7) is 4.01. The van der Waals surface area contributed by atoms with Crippen LogP contribution >= 0.6 is 0 Å². The van der Waals surface area contributed by atoms with E-state index in [1.807, 2.05) is 13.8 Å². The molecule has 0 spiro atoms. The summed E-state index contributed by atoms with van der Waals surface area (Å²) in [6, 6.07) is 0.911. The van der Waals surface area contributed by atoms with Crippen molar-refractivity contribution in [1.29, 1.82) is 0 Å². The molecular weight excluding hydrogens is 285 g/mol. The van der Waals surface area contributed by atoms with Gasteiger partial charge in [-0.3, -0.25) is 0 Å². The number of aliphatic carboxylic acids is 1. The van der Waals surface area contributed by atoms with Crippen LogP contribution in [0.3, 0.4) is 0 Å². The van der Waals surface area contributed by atoms with E-state index in [-0.39, 0.29) is 5.82 Å². The first-order chi connectivity index (χ1) is 9.63. The summed E-state index contributed by atoms with van der Waals surface area (Å²) in [7, 11) is 0. The maximum Gasteiger partial charge on any atom is 0.416 e. The number of hydrogen-bond donors (Lipinski definition) is 1. The number of rotatable bonds is 2. The lowest BCUT2D eigenvalue weighted by atomic mass is 9.76. The number of carbonyl (C=O) groups is 1. The number of hydrogen-bond acceptors (Lipinski definition) is 3. The predicted octanol–water partition coefficient (Wildman–Crippen LogP) is 3.18. The highest BCUT2D eigenvalue weighted by Gasteiger charge is 2.43. The molecule has 0 aromatic carbocycles. The van der Waals surface area contributed by atoms with E-state index in [2.05, 4.69) is 4.98 Å². The van der Waals surface area contributed by atoms with Gasteiger partial charge in [0, 0.05) is 12.7 Å². The second-order valence-corrected chi connectivity index (χ2v) is 5.93. The van der Waals surface area contributed by atoms with E-state index in [9.17, 15) is 23.1 Å². The van der Waals surface area contributed by atoms with Crippen LogP contribution in [0.2, 0.25) is 0 Å². The van der Waals surface area contributed by atoms with E-state index in [1.54, 1.807) is 0 Å².